The molecule has 0 saturated heterocycles. The number of nitrogens with zero attached hydrogens (tertiary/aromatic N) is 2. The number of amides is 2. The molecule has 0 unspecified atom stereocenters. The quantitative estimate of drug-likeness (QED) is 0.277. The number of aromatic nitrogens is 2. The van der Waals surface area contributed by atoms with Crippen molar-refractivity contribution in [1.82, 2.24) is 14.9 Å². The predicted octanol–water partition coefficient (Wildman–Crippen LogP) is 3.93. The van der Waals surface area contributed by atoms with Crippen LogP contribution in [0.2, 0.25) is 5.02 Å². The number of anilines is 1. The van der Waals surface area contributed by atoms with Crippen molar-refractivity contribution in [3.05, 3.63) is 106 Å². The summed E-state index contributed by atoms with van der Waals surface area (Å²) in [6, 6.07) is 21.0. The van der Waals surface area contributed by atoms with Crippen LogP contribution in [0.25, 0.3) is 11.3 Å². The van der Waals surface area contributed by atoms with E-state index < -0.39 is 18.2 Å². The zero-order valence-electron chi connectivity index (χ0n) is 24.0. The maximum atomic E-state index is 13.7. The summed E-state index contributed by atoms with van der Waals surface area (Å²) in [5.74, 6) is -2.33. The van der Waals surface area contributed by atoms with Crippen molar-refractivity contribution >= 4 is 35.3 Å². The van der Waals surface area contributed by atoms with Gasteiger partial charge in [0.2, 0.25) is 0 Å². The van der Waals surface area contributed by atoms with Gasteiger partial charge in [-0.25, -0.2) is 9.78 Å². The number of carboxylic acid groups (broad SMARTS) is 1. The third kappa shape index (κ3) is 8.19. The zero-order chi connectivity index (χ0) is 32.7. The number of hydrogen-bond acceptors (Lipinski definition) is 6. The van der Waals surface area contributed by atoms with Crippen LogP contribution in [0.4, 0.5) is 23.7 Å². The first-order chi connectivity index (χ1) is 21.4. The maximum Gasteiger partial charge on any atom is 0.430 e. The van der Waals surface area contributed by atoms with E-state index in [9.17, 15) is 22.8 Å². The van der Waals surface area contributed by atoms with Gasteiger partial charge in [0.15, 0.2) is 0 Å². The Kier molecular flexibility index (Phi) is 10.5. The summed E-state index contributed by atoms with van der Waals surface area (Å²) in [6.45, 7) is 1.29. The number of rotatable bonds is 7. The summed E-state index contributed by atoms with van der Waals surface area (Å²) < 4.78 is 36.2. The number of H-pyrrole nitrogens is 1. The van der Waals surface area contributed by atoms with Crippen LogP contribution in [0.1, 0.15) is 38.9 Å². The molecule has 0 radical (unpaired) electrons. The molecule has 5 N–H and O–H groups in total. The lowest BCUT2D eigenvalue weighted by molar-refractivity contribution is -0.386. The number of aliphatic carboxylic acids is 1. The van der Waals surface area contributed by atoms with Crippen molar-refractivity contribution in [3.8, 4) is 11.3 Å². The Hall–Kier alpha value is -4.88. The zero-order valence-corrected chi connectivity index (χ0v) is 24.7. The summed E-state index contributed by atoms with van der Waals surface area (Å²) in [5.41, 5.74) is 9.98. The van der Waals surface area contributed by atoms with Crippen LogP contribution in [0, 0.1) is 0 Å². The fraction of sp³-hybridized carbons (Fsp3) is 0.226. The van der Waals surface area contributed by atoms with Gasteiger partial charge in [-0.3, -0.25) is 10.1 Å². The Morgan fingerprint density at radius 2 is 1.80 bits per heavy atom. The number of methoxy groups -OCH3 is 1. The normalized spacial score (nSPS) is 13.3. The highest BCUT2D eigenvalue weighted by Gasteiger charge is 2.33. The number of quaternary nitrogens is 1. The molecular formula is C31H29ClF3N5O5. The molecule has 0 saturated carbocycles. The minimum absolute atomic E-state index is 0.00277. The number of imidazole rings is 1. The molecule has 1 aliphatic heterocycles. The minimum atomic E-state index is -5.19. The van der Waals surface area contributed by atoms with Crippen LogP contribution in [0.3, 0.4) is 0 Å². The van der Waals surface area contributed by atoms with Gasteiger partial charge >= 0.3 is 12.3 Å². The van der Waals surface area contributed by atoms with E-state index in [1.54, 1.807) is 24.4 Å². The van der Waals surface area contributed by atoms with Gasteiger partial charge < -0.3 is 30.3 Å². The van der Waals surface area contributed by atoms with Crippen molar-refractivity contribution in [2.45, 2.75) is 31.6 Å². The second-order valence-electron chi connectivity index (χ2n) is 9.97. The van der Waals surface area contributed by atoms with Gasteiger partial charge in [-0.15, -0.1) is 0 Å². The lowest BCUT2D eigenvalue weighted by atomic mass is 9.94. The lowest BCUT2D eigenvalue weighted by Crippen LogP contribution is -2.47. The summed E-state index contributed by atoms with van der Waals surface area (Å²) in [4.78, 5) is 44.0. The number of carbonyl (C=O) groups excluding carboxylic acids is 3. The second kappa shape index (κ2) is 14.3. The van der Waals surface area contributed by atoms with Gasteiger partial charge in [-0.05, 0) is 47.9 Å². The molecule has 45 heavy (non-hydrogen) atoms. The number of nitrogens with one attached hydrogen (secondary N) is 2. The minimum Gasteiger partial charge on any atom is -0.542 e. The first-order valence-corrected chi connectivity index (χ1v) is 14.0. The smallest absolute Gasteiger partial charge is 0.430 e. The third-order valence-corrected chi connectivity index (χ3v) is 7.37. The summed E-state index contributed by atoms with van der Waals surface area (Å²) in [5, 5.41) is 11.8. The largest absolute Gasteiger partial charge is 0.542 e. The van der Waals surface area contributed by atoms with Gasteiger partial charge in [-0.2, -0.15) is 13.2 Å². The molecule has 10 nitrogen and oxygen atoms in total. The molecule has 2 heterocycles. The molecule has 4 aromatic rings. The number of carboxylic acids is 1. The first-order valence-electron chi connectivity index (χ1n) is 13.6. The number of ether oxygens (including phenoxy) is 1. The molecule has 3 aromatic carbocycles. The molecular weight excluding hydrogens is 615 g/mol. The average molecular weight is 644 g/mol. The molecule has 2 amide bonds. The highest BCUT2D eigenvalue weighted by molar-refractivity contribution is 6.33. The van der Waals surface area contributed by atoms with Gasteiger partial charge in [-0.1, -0.05) is 48.0 Å². The van der Waals surface area contributed by atoms with Gasteiger partial charge in [0, 0.05) is 35.3 Å². The Morgan fingerprint density at radius 1 is 1.11 bits per heavy atom. The molecule has 14 heteroatoms. The Morgan fingerprint density at radius 3 is 2.42 bits per heavy atom. The second-order valence-corrected chi connectivity index (χ2v) is 10.4. The van der Waals surface area contributed by atoms with E-state index in [4.69, 9.17) is 26.5 Å². The molecule has 1 atom stereocenters. The van der Waals surface area contributed by atoms with E-state index in [0.717, 1.165) is 39.9 Å². The van der Waals surface area contributed by atoms with Crippen LogP contribution in [0.5, 0.6) is 0 Å². The number of halogens is 4. The number of carbonyl (C=O) groups is 3. The van der Waals surface area contributed by atoms with Crippen LogP contribution in [-0.4, -0.2) is 52.7 Å². The number of hydrogen-bond donors (Lipinski definition) is 3. The topological polar surface area (TPSA) is 155 Å². The highest BCUT2D eigenvalue weighted by Crippen LogP contribution is 2.33. The van der Waals surface area contributed by atoms with E-state index in [0.29, 0.717) is 36.0 Å². The predicted molar refractivity (Wildman–Crippen MR) is 157 cm³/mol. The summed E-state index contributed by atoms with van der Waals surface area (Å²) in [6.07, 6.45) is -2.66. The van der Waals surface area contributed by atoms with Gasteiger partial charge in [0.25, 0.3) is 5.91 Å². The molecule has 5 rings (SSSR count). The Bertz CT molecular complexity index is 1680. The molecule has 1 aromatic heterocycles. The lowest BCUT2D eigenvalue weighted by Gasteiger charge is -2.35. The van der Waals surface area contributed by atoms with Crippen molar-refractivity contribution in [1.29, 1.82) is 0 Å². The van der Waals surface area contributed by atoms with Crippen LogP contribution < -0.4 is 16.2 Å². The monoisotopic (exact) mass is 643 g/mol. The number of aromatic amines is 1. The molecule has 0 bridgehead atoms. The van der Waals surface area contributed by atoms with E-state index in [1.807, 2.05) is 35.2 Å². The van der Waals surface area contributed by atoms with Gasteiger partial charge in [0.1, 0.15) is 11.8 Å². The van der Waals surface area contributed by atoms with E-state index in [1.165, 1.54) is 7.11 Å². The van der Waals surface area contributed by atoms with Crippen molar-refractivity contribution in [3.63, 3.8) is 0 Å². The molecule has 1 aliphatic rings. The summed E-state index contributed by atoms with van der Waals surface area (Å²) in [7, 11) is 1.30. The van der Waals surface area contributed by atoms with Crippen molar-refractivity contribution in [2.75, 3.05) is 19.0 Å². The number of alkyl halides is 3. The van der Waals surface area contributed by atoms with E-state index in [-0.39, 0.29) is 11.9 Å². The van der Waals surface area contributed by atoms with E-state index in [2.05, 4.69) is 39.0 Å². The highest BCUT2D eigenvalue weighted by atomic mass is 35.5. The maximum absolute atomic E-state index is 13.7. The third-order valence-electron chi connectivity index (χ3n) is 7.05. The van der Waals surface area contributed by atoms with Crippen molar-refractivity contribution in [2.24, 2.45) is 0 Å². The van der Waals surface area contributed by atoms with Crippen molar-refractivity contribution < 1.29 is 43.1 Å². The molecule has 236 valence electrons. The average Bonchev–Trinajstić information content (AvgIpc) is 3.50. The fourth-order valence-corrected chi connectivity index (χ4v) is 5.11. The Balaban J connectivity index is 0.000000591. The molecule has 0 spiro atoms. The van der Waals surface area contributed by atoms with Crippen LogP contribution in [-0.2, 0) is 28.9 Å². The SMILES string of the molecule is COC(=O)Nc1ccc(-c2cnc([C@H](Cc3ccccc3)N3CCc4cc(C[NH3+])ccc4C3=O)[nH]2)c(Cl)c1.O=C([O-])C(F)(F)F. The van der Waals surface area contributed by atoms with E-state index >= 15 is 0 Å². The molecule has 0 aliphatic carbocycles. The number of fused-ring (bicyclic) bond motifs is 1. The van der Waals surface area contributed by atoms with Gasteiger partial charge in [0.05, 0.1) is 36.6 Å². The fourth-order valence-electron chi connectivity index (χ4n) is 4.83. The first kappa shape index (κ1) is 33.0. The molecule has 0 fully saturated rings. The number of benzene rings is 3. The van der Waals surface area contributed by atoms with Crippen LogP contribution >= 0.6 is 11.6 Å². The Labute approximate surface area is 261 Å². The standard InChI is InChI=1S/C29H28ClN5O3.C2HF3O2/c1-38-29(37)33-21-8-10-23(24(30)15-21)25-17-32-27(34-25)26(14-18-5-3-2-4-6-18)35-12-11-20-13-19(16-31)7-9-22(20)28(35)36;3-2(4,5)1(6)7/h2-10,13,15,17,26H,11-12,14,16,31H2,1H3,(H,32,34)(H,33,37);(H,6,7)/t26-;/m0./s1. The summed E-state index contributed by atoms with van der Waals surface area (Å²) >= 11 is 6.55. The van der Waals surface area contributed by atoms with Crippen LogP contribution in [0.15, 0.2) is 72.9 Å².